The highest BCUT2D eigenvalue weighted by atomic mass is 35.5. The monoisotopic (exact) mass is 299 g/mol. The zero-order chi connectivity index (χ0) is 15.1. The Morgan fingerprint density at radius 1 is 1.55 bits per heavy atom. The van der Waals surface area contributed by atoms with Gasteiger partial charge in [-0.3, -0.25) is 9.69 Å². The Balaban J connectivity index is 2.58. The van der Waals surface area contributed by atoms with Crippen LogP contribution in [0.25, 0.3) is 0 Å². The smallest absolute Gasteiger partial charge is 0.241 e. The standard InChI is InChI=1S/C14H22ClN3O2/c1-10(18(2)7-4-8-20-3)14(19)17-13-9-11(15)5-6-12(13)16/h5-6,9-10H,4,7-8,16H2,1-3H3,(H,17,19). The number of nitrogens with zero attached hydrogens (tertiary/aromatic N) is 1. The van der Waals surface area contributed by atoms with E-state index in [0.717, 1.165) is 13.0 Å². The first-order chi connectivity index (χ1) is 9.45. The highest BCUT2D eigenvalue weighted by molar-refractivity contribution is 6.31. The van der Waals surface area contributed by atoms with Crippen LogP contribution in [0.1, 0.15) is 13.3 Å². The summed E-state index contributed by atoms with van der Waals surface area (Å²) in [7, 11) is 3.57. The lowest BCUT2D eigenvalue weighted by Crippen LogP contribution is -2.40. The molecular weight excluding hydrogens is 278 g/mol. The SMILES string of the molecule is COCCCN(C)C(C)C(=O)Nc1cc(Cl)ccc1N. The lowest BCUT2D eigenvalue weighted by molar-refractivity contribution is -0.120. The van der Waals surface area contributed by atoms with Crippen molar-refractivity contribution in [2.75, 3.05) is 38.4 Å². The number of anilines is 2. The number of hydrogen-bond acceptors (Lipinski definition) is 4. The van der Waals surface area contributed by atoms with Crippen LogP contribution in [0.5, 0.6) is 0 Å². The van der Waals surface area contributed by atoms with Crippen molar-refractivity contribution in [1.29, 1.82) is 0 Å². The molecule has 1 aromatic carbocycles. The van der Waals surface area contributed by atoms with Crippen molar-refractivity contribution in [1.82, 2.24) is 4.90 Å². The third-order valence-corrected chi connectivity index (χ3v) is 3.41. The van der Waals surface area contributed by atoms with Gasteiger partial charge in [-0.1, -0.05) is 11.6 Å². The topological polar surface area (TPSA) is 67.6 Å². The van der Waals surface area contributed by atoms with Crippen molar-refractivity contribution < 1.29 is 9.53 Å². The largest absolute Gasteiger partial charge is 0.397 e. The summed E-state index contributed by atoms with van der Waals surface area (Å²) >= 11 is 5.90. The number of likely N-dealkylation sites (N-methyl/N-ethyl adjacent to an activating group) is 1. The molecule has 0 aliphatic rings. The number of benzene rings is 1. The maximum atomic E-state index is 12.2. The van der Waals surface area contributed by atoms with E-state index in [4.69, 9.17) is 22.1 Å². The third kappa shape index (κ3) is 5.00. The predicted octanol–water partition coefficient (Wildman–Crippen LogP) is 2.22. The van der Waals surface area contributed by atoms with Crippen molar-refractivity contribution >= 4 is 28.9 Å². The third-order valence-electron chi connectivity index (χ3n) is 3.17. The van der Waals surface area contributed by atoms with Crippen LogP contribution in [0.4, 0.5) is 11.4 Å². The molecule has 0 bridgehead atoms. The van der Waals surface area contributed by atoms with Crippen LogP contribution in [0, 0.1) is 0 Å². The molecule has 0 spiro atoms. The van der Waals surface area contributed by atoms with Gasteiger partial charge in [0.05, 0.1) is 17.4 Å². The average Bonchev–Trinajstić information content (AvgIpc) is 2.42. The van der Waals surface area contributed by atoms with E-state index in [-0.39, 0.29) is 11.9 Å². The van der Waals surface area contributed by atoms with Gasteiger partial charge in [-0.2, -0.15) is 0 Å². The number of carbonyl (C=O) groups excluding carboxylic acids is 1. The van der Waals surface area contributed by atoms with E-state index in [1.807, 2.05) is 18.9 Å². The van der Waals surface area contributed by atoms with Crippen molar-refractivity contribution in [2.45, 2.75) is 19.4 Å². The number of amides is 1. The van der Waals surface area contributed by atoms with Crippen LogP contribution in [0.2, 0.25) is 5.02 Å². The second-order valence-electron chi connectivity index (χ2n) is 4.72. The number of ether oxygens (including phenoxy) is 1. The molecule has 0 aliphatic heterocycles. The van der Waals surface area contributed by atoms with Crippen LogP contribution in [-0.2, 0) is 9.53 Å². The maximum absolute atomic E-state index is 12.2. The van der Waals surface area contributed by atoms with E-state index >= 15 is 0 Å². The molecule has 0 heterocycles. The van der Waals surface area contributed by atoms with Crippen LogP contribution >= 0.6 is 11.6 Å². The molecule has 1 aromatic rings. The molecule has 3 N–H and O–H groups in total. The molecular formula is C14H22ClN3O2. The van der Waals surface area contributed by atoms with Gasteiger partial charge in [-0.25, -0.2) is 0 Å². The first-order valence-electron chi connectivity index (χ1n) is 6.50. The summed E-state index contributed by atoms with van der Waals surface area (Å²) in [4.78, 5) is 14.1. The van der Waals surface area contributed by atoms with Crippen molar-refractivity contribution in [3.05, 3.63) is 23.2 Å². The van der Waals surface area contributed by atoms with E-state index in [1.54, 1.807) is 25.3 Å². The lowest BCUT2D eigenvalue weighted by atomic mass is 10.2. The molecule has 6 heteroatoms. The normalized spacial score (nSPS) is 12.4. The quantitative estimate of drug-likeness (QED) is 0.598. The Hall–Kier alpha value is -1.30. The van der Waals surface area contributed by atoms with Crippen molar-refractivity contribution in [2.24, 2.45) is 0 Å². The first-order valence-corrected chi connectivity index (χ1v) is 6.88. The number of nitrogens with two attached hydrogens (primary N) is 1. The highest BCUT2D eigenvalue weighted by Gasteiger charge is 2.18. The Morgan fingerprint density at radius 3 is 2.90 bits per heavy atom. The minimum atomic E-state index is -0.259. The first kappa shape index (κ1) is 16.8. The Labute approximate surface area is 125 Å². The van der Waals surface area contributed by atoms with Gasteiger partial charge in [0, 0.05) is 25.3 Å². The zero-order valence-corrected chi connectivity index (χ0v) is 12.9. The molecule has 112 valence electrons. The van der Waals surface area contributed by atoms with E-state index in [2.05, 4.69) is 5.32 Å². The molecule has 0 saturated carbocycles. The van der Waals surface area contributed by atoms with Crippen molar-refractivity contribution in [3.8, 4) is 0 Å². The molecule has 1 unspecified atom stereocenters. The Kier molecular flexibility index (Phi) is 6.78. The predicted molar refractivity (Wildman–Crippen MR) is 83.1 cm³/mol. The summed E-state index contributed by atoms with van der Waals surface area (Å²) in [6.07, 6.45) is 0.879. The fraction of sp³-hybridized carbons (Fsp3) is 0.500. The second-order valence-corrected chi connectivity index (χ2v) is 5.16. The molecule has 1 amide bonds. The van der Waals surface area contributed by atoms with Gasteiger partial charge in [-0.05, 0) is 38.6 Å². The molecule has 0 fully saturated rings. The zero-order valence-electron chi connectivity index (χ0n) is 12.1. The minimum absolute atomic E-state index is 0.112. The molecule has 1 atom stereocenters. The van der Waals surface area contributed by atoms with Crippen LogP contribution in [0.15, 0.2) is 18.2 Å². The van der Waals surface area contributed by atoms with Gasteiger partial charge in [0.2, 0.25) is 5.91 Å². The highest BCUT2D eigenvalue weighted by Crippen LogP contribution is 2.23. The summed E-state index contributed by atoms with van der Waals surface area (Å²) in [5.74, 6) is -0.112. The van der Waals surface area contributed by atoms with Gasteiger partial charge in [0.15, 0.2) is 0 Å². The summed E-state index contributed by atoms with van der Waals surface area (Å²) in [5.41, 5.74) is 6.85. The van der Waals surface area contributed by atoms with Crippen LogP contribution in [-0.4, -0.2) is 44.2 Å². The number of nitrogen functional groups attached to an aromatic ring is 1. The lowest BCUT2D eigenvalue weighted by Gasteiger charge is -2.24. The van der Waals surface area contributed by atoms with Gasteiger partial charge in [0.1, 0.15) is 0 Å². The van der Waals surface area contributed by atoms with Crippen LogP contribution < -0.4 is 11.1 Å². The number of hydrogen-bond donors (Lipinski definition) is 2. The fourth-order valence-corrected chi connectivity index (χ4v) is 1.90. The summed E-state index contributed by atoms with van der Waals surface area (Å²) in [5, 5.41) is 3.34. The number of methoxy groups -OCH3 is 1. The van der Waals surface area contributed by atoms with Crippen LogP contribution in [0.3, 0.4) is 0 Å². The Bertz CT molecular complexity index is 454. The molecule has 20 heavy (non-hydrogen) atoms. The van der Waals surface area contributed by atoms with Gasteiger partial charge < -0.3 is 15.8 Å². The molecule has 0 aromatic heterocycles. The van der Waals surface area contributed by atoms with Crippen molar-refractivity contribution in [3.63, 3.8) is 0 Å². The van der Waals surface area contributed by atoms with Gasteiger partial charge >= 0.3 is 0 Å². The maximum Gasteiger partial charge on any atom is 0.241 e. The summed E-state index contributed by atoms with van der Waals surface area (Å²) in [6, 6.07) is 4.75. The average molecular weight is 300 g/mol. The van der Waals surface area contributed by atoms with E-state index in [9.17, 15) is 4.79 Å². The molecule has 5 nitrogen and oxygen atoms in total. The second kappa shape index (κ2) is 8.09. The Morgan fingerprint density at radius 2 is 2.25 bits per heavy atom. The van der Waals surface area contributed by atoms with E-state index in [1.165, 1.54) is 0 Å². The molecule has 0 saturated heterocycles. The summed E-state index contributed by atoms with van der Waals surface area (Å²) in [6.45, 7) is 3.32. The number of rotatable bonds is 7. The number of nitrogens with one attached hydrogen (secondary N) is 1. The fourth-order valence-electron chi connectivity index (χ4n) is 1.73. The number of carbonyl (C=O) groups is 1. The number of halogens is 1. The summed E-state index contributed by atoms with van der Waals surface area (Å²) < 4.78 is 5.00. The minimum Gasteiger partial charge on any atom is -0.397 e. The van der Waals surface area contributed by atoms with E-state index in [0.29, 0.717) is 23.0 Å². The van der Waals surface area contributed by atoms with Gasteiger partial charge in [-0.15, -0.1) is 0 Å². The van der Waals surface area contributed by atoms with E-state index < -0.39 is 0 Å². The molecule has 1 rings (SSSR count). The molecule has 0 radical (unpaired) electrons. The molecule has 0 aliphatic carbocycles. The van der Waals surface area contributed by atoms with Gasteiger partial charge in [0.25, 0.3) is 0 Å².